The van der Waals surface area contributed by atoms with E-state index in [0.29, 0.717) is 17.5 Å². The number of hydrogen-bond donors (Lipinski definition) is 1. The maximum atomic E-state index is 12.0. The number of thioether (sulfide) groups is 1. The topological polar surface area (TPSA) is 81.3 Å². The van der Waals surface area contributed by atoms with Gasteiger partial charge in [0.2, 0.25) is 11.8 Å². The Morgan fingerprint density at radius 2 is 2.15 bits per heavy atom. The number of fused-ring (bicyclic) bond motifs is 1. The number of piperidine rings is 1. The highest BCUT2D eigenvalue weighted by Crippen LogP contribution is 2.26. The second kappa shape index (κ2) is 4.82. The van der Waals surface area contributed by atoms with Gasteiger partial charge < -0.3 is 4.42 Å². The second-order valence-electron chi connectivity index (χ2n) is 4.54. The van der Waals surface area contributed by atoms with Crippen LogP contribution in [0.2, 0.25) is 0 Å². The van der Waals surface area contributed by atoms with Crippen molar-refractivity contribution in [2.24, 2.45) is 0 Å². The van der Waals surface area contributed by atoms with Crippen molar-refractivity contribution in [1.82, 2.24) is 9.88 Å². The van der Waals surface area contributed by atoms with Gasteiger partial charge >= 0.3 is 5.76 Å². The van der Waals surface area contributed by atoms with E-state index in [2.05, 4.69) is 5.32 Å². The van der Waals surface area contributed by atoms with Crippen LogP contribution in [0.15, 0.2) is 32.3 Å². The minimum absolute atomic E-state index is 0.221. The molecule has 1 atom stereocenters. The molecule has 104 valence electrons. The average Bonchev–Trinajstić information content (AvgIpc) is 2.74. The summed E-state index contributed by atoms with van der Waals surface area (Å²) in [5.41, 5.74) is 1.02. The van der Waals surface area contributed by atoms with Crippen molar-refractivity contribution in [2.45, 2.75) is 23.8 Å². The fourth-order valence-corrected chi connectivity index (χ4v) is 2.80. The van der Waals surface area contributed by atoms with Gasteiger partial charge in [-0.25, -0.2) is 4.79 Å². The second-order valence-corrected chi connectivity index (χ2v) is 5.42. The van der Waals surface area contributed by atoms with Gasteiger partial charge in [0, 0.05) is 11.3 Å². The first-order valence-electron chi connectivity index (χ1n) is 6.13. The van der Waals surface area contributed by atoms with Gasteiger partial charge in [-0.1, -0.05) is 0 Å². The molecule has 0 spiro atoms. The normalized spacial score (nSPS) is 19.4. The Hall–Kier alpha value is -2.02. The molecule has 1 N–H and O–H groups in total. The number of hydrogen-bond acceptors (Lipinski definition) is 5. The zero-order valence-electron chi connectivity index (χ0n) is 10.7. The molecule has 1 aromatic heterocycles. The van der Waals surface area contributed by atoms with E-state index in [0.717, 1.165) is 4.90 Å². The van der Waals surface area contributed by atoms with Crippen LogP contribution in [-0.2, 0) is 9.59 Å². The Morgan fingerprint density at radius 1 is 1.35 bits per heavy atom. The van der Waals surface area contributed by atoms with Gasteiger partial charge in [0.15, 0.2) is 5.58 Å². The van der Waals surface area contributed by atoms with Crippen LogP contribution in [0.1, 0.15) is 18.9 Å². The van der Waals surface area contributed by atoms with E-state index in [1.165, 1.54) is 16.3 Å². The molecule has 7 heteroatoms. The molecule has 6 nitrogen and oxygen atoms in total. The lowest BCUT2D eigenvalue weighted by atomic mass is 10.1. The zero-order valence-corrected chi connectivity index (χ0v) is 11.5. The quantitative estimate of drug-likeness (QED) is 0.666. The van der Waals surface area contributed by atoms with Crippen molar-refractivity contribution in [2.75, 3.05) is 6.26 Å². The van der Waals surface area contributed by atoms with Crippen LogP contribution in [-0.4, -0.2) is 22.6 Å². The molecule has 1 fully saturated rings. The number of nitrogens with one attached hydrogen (secondary N) is 1. The molecule has 1 aromatic carbocycles. The number of aromatic nitrogens is 1. The van der Waals surface area contributed by atoms with Crippen LogP contribution < -0.4 is 11.1 Å². The Morgan fingerprint density at radius 3 is 2.85 bits per heavy atom. The zero-order chi connectivity index (χ0) is 14.3. The fraction of sp³-hybridized carbons (Fsp3) is 0.308. The van der Waals surface area contributed by atoms with Crippen LogP contribution in [0.4, 0.5) is 0 Å². The Labute approximate surface area is 118 Å². The van der Waals surface area contributed by atoms with Crippen molar-refractivity contribution in [3.8, 4) is 0 Å². The molecule has 0 saturated carbocycles. The van der Waals surface area contributed by atoms with Crippen LogP contribution in [0.3, 0.4) is 0 Å². The molecule has 20 heavy (non-hydrogen) atoms. The largest absolute Gasteiger partial charge is 0.420 e. The number of rotatable bonds is 2. The third-order valence-electron chi connectivity index (χ3n) is 3.34. The summed E-state index contributed by atoms with van der Waals surface area (Å²) in [5.74, 6) is -1.34. The maximum Gasteiger partial charge on any atom is 0.420 e. The first kappa shape index (κ1) is 13.0. The molecule has 2 aromatic rings. The summed E-state index contributed by atoms with van der Waals surface area (Å²) in [6.45, 7) is 0. The number of nitrogens with zero attached hydrogens (tertiary/aromatic N) is 1. The number of carbonyl (C=O) groups is 2. The molecule has 1 aliphatic rings. The molecule has 2 amide bonds. The summed E-state index contributed by atoms with van der Waals surface area (Å²) < 4.78 is 6.52. The minimum atomic E-state index is -0.693. The third-order valence-corrected chi connectivity index (χ3v) is 4.07. The fourth-order valence-electron chi connectivity index (χ4n) is 2.37. The standard InChI is InChI=1S/C13H12N2O4S/c1-20-7-2-3-8-10(6-7)19-13(18)15(8)9-4-5-11(16)14-12(9)17/h2-3,6,9H,4-5H2,1H3,(H,14,16,17). The SMILES string of the molecule is CSc1ccc2c(c1)oc(=O)n2C1CCC(=O)NC1=O. The van der Waals surface area contributed by atoms with Crippen molar-refractivity contribution in [3.63, 3.8) is 0 Å². The first-order chi connectivity index (χ1) is 9.60. The van der Waals surface area contributed by atoms with E-state index in [1.807, 2.05) is 12.3 Å². The van der Waals surface area contributed by atoms with Gasteiger partial charge in [-0.2, -0.15) is 0 Å². The number of oxazole rings is 1. The molecular formula is C13H12N2O4S. The molecule has 0 bridgehead atoms. The number of benzene rings is 1. The Bertz CT molecular complexity index is 761. The lowest BCUT2D eigenvalue weighted by Gasteiger charge is -2.21. The summed E-state index contributed by atoms with van der Waals surface area (Å²) in [7, 11) is 0. The van der Waals surface area contributed by atoms with Crippen LogP contribution in [0, 0.1) is 0 Å². The van der Waals surface area contributed by atoms with Crippen LogP contribution >= 0.6 is 11.8 Å². The van der Waals surface area contributed by atoms with Crippen LogP contribution in [0.25, 0.3) is 11.1 Å². The molecule has 2 heterocycles. The van der Waals surface area contributed by atoms with Crippen molar-refractivity contribution >= 4 is 34.7 Å². The average molecular weight is 292 g/mol. The van der Waals surface area contributed by atoms with Crippen molar-refractivity contribution < 1.29 is 14.0 Å². The van der Waals surface area contributed by atoms with Gasteiger partial charge in [0.25, 0.3) is 0 Å². The maximum absolute atomic E-state index is 12.0. The van der Waals surface area contributed by atoms with E-state index in [1.54, 1.807) is 12.1 Å². The highest BCUT2D eigenvalue weighted by atomic mass is 32.2. The molecule has 3 rings (SSSR count). The van der Waals surface area contributed by atoms with Gasteiger partial charge in [0.1, 0.15) is 6.04 Å². The van der Waals surface area contributed by atoms with Crippen LogP contribution in [0.5, 0.6) is 0 Å². The Kier molecular flexibility index (Phi) is 3.13. The summed E-state index contributed by atoms with van der Waals surface area (Å²) >= 11 is 1.54. The molecule has 1 saturated heterocycles. The summed E-state index contributed by atoms with van der Waals surface area (Å²) in [5, 5.41) is 2.25. The molecule has 1 unspecified atom stereocenters. The molecular weight excluding hydrogens is 280 g/mol. The smallest absolute Gasteiger partial charge is 0.408 e. The first-order valence-corrected chi connectivity index (χ1v) is 7.35. The van der Waals surface area contributed by atoms with Gasteiger partial charge in [-0.3, -0.25) is 19.5 Å². The monoisotopic (exact) mass is 292 g/mol. The van der Waals surface area contributed by atoms with Crippen molar-refractivity contribution in [1.29, 1.82) is 0 Å². The summed E-state index contributed by atoms with van der Waals surface area (Å²) in [4.78, 5) is 36.0. The molecule has 1 aliphatic heterocycles. The van der Waals surface area contributed by atoms with Gasteiger partial charge in [-0.15, -0.1) is 11.8 Å². The highest BCUT2D eigenvalue weighted by Gasteiger charge is 2.31. The van der Waals surface area contributed by atoms with E-state index in [4.69, 9.17) is 4.42 Å². The predicted octanol–water partition coefficient (Wildman–Crippen LogP) is 1.29. The predicted molar refractivity (Wildman–Crippen MR) is 73.7 cm³/mol. The highest BCUT2D eigenvalue weighted by molar-refractivity contribution is 7.98. The van der Waals surface area contributed by atoms with Crippen molar-refractivity contribution in [3.05, 3.63) is 28.7 Å². The van der Waals surface area contributed by atoms with E-state index >= 15 is 0 Å². The van der Waals surface area contributed by atoms with E-state index < -0.39 is 17.7 Å². The third kappa shape index (κ3) is 2.03. The lowest BCUT2D eigenvalue weighted by molar-refractivity contribution is -0.135. The van der Waals surface area contributed by atoms with E-state index in [-0.39, 0.29) is 12.3 Å². The number of carbonyl (C=O) groups excluding carboxylic acids is 2. The minimum Gasteiger partial charge on any atom is -0.408 e. The van der Waals surface area contributed by atoms with Gasteiger partial charge in [-0.05, 0) is 30.9 Å². The summed E-state index contributed by atoms with van der Waals surface area (Å²) in [6.07, 6.45) is 2.46. The number of imide groups is 1. The van der Waals surface area contributed by atoms with E-state index in [9.17, 15) is 14.4 Å². The Balaban J connectivity index is 2.12. The number of amides is 2. The van der Waals surface area contributed by atoms with Gasteiger partial charge in [0.05, 0.1) is 5.52 Å². The summed E-state index contributed by atoms with van der Waals surface area (Å²) in [6, 6.07) is 4.70. The molecule has 0 aliphatic carbocycles. The molecule has 0 radical (unpaired) electrons. The lowest BCUT2D eigenvalue weighted by Crippen LogP contribution is -2.43.